The molecule has 0 unspecified atom stereocenters. The molecule has 0 saturated heterocycles. The highest BCUT2D eigenvalue weighted by atomic mass is 35.5. The Balaban J connectivity index is 2.13. The number of benzene rings is 1. The van der Waals surface area contributed by atoms with Crippen LogP contribution in [0.5, 0.6) is 0 Å². The van der Waals surface area contributed by atoms with E-state index < -0.39 is 0 Å². The molecule has 0 heterocycles. The second kappa shape index (κ2) is 5.63. The van der Waals surface area contributed by atoms with Crippen molar-refractivity contribution < 1.29 is 4.79 Å². The van der Waals surface area contributed by atoms with Crippen LogP contribution in [0.15, 0.2) is 18.2 Å². The second-order valence-electron chi connectivity index (χ2n) is 5.46. The molecule has 1 aliphatic rings. The van der Waals surface area contributed by atoms with Gasteiger partial charge in [-0.2, -0.15) is 0 Å². The van der Waals surface area contributed by atoms with Gasteiger partial charge in [0, 0.05) is 21.9 Å². The maximum absolute atomic E-state index is 12.5. The Hall–Kier alpha value is -0.530. The number of halogens is 2. The molecule has 0 aliphatic heterocycles. The first kappa shape index (κ1) is 13.9. The summed E-state index contributed by atoms with van der Waals surface area (Å²) in [7, 11) is 0. The molecule has 0 N–H and O–H groups in total. The van der Waals surface area contributed by atoms with Crippen LogP contribution in [0.25, 0.3) is 0 Å². The van der Waals surface area contributed by atoms with E-state index in [0.717, 1.165) is 31.2 Å². The van der Waals surface area contributed by atoms with Gasteiger partial charge in [-0.05, 0) is 36.6 Å². The fourth-order valence-corrected chi connectivity index (χ4v) is 3.06. The van der Waals surface area contributed by atoms with Gasteiger partial charge >= 0.3 is 0 Å². The third-order valence-corrected chi connectivity index (χ3v) is 4.59. The lowest BCUT2D eigenvalue weighted by Crippen LogP contribution is -2.31. The molecule has 1 aromatic rings. The molecule has 2 rings (SSSR count). The lowest BCUT2D eigenvalue weighted by Gasteiger charge is -2.32. The number of Topliss-reactive ketones (excluding diaryl/α,β-unsaturated/α-hetero) is 1. The van der Waals surface area contributed by atoms with Crippen LogP contribution in [-0.4, -0.2) is 5.78 Å². The Morgan fingerprint density at radius 2 is 1.89 bits per heavy atom. The van der Waals surface area contributed by atoms with Gasteiger partial charge in [0.2, 0.25) is 0 Å². The lowest BCUT2D eigenvalue weighted by atomic mass is 9.71. The van der Waals surface area contributed by atoms with Crippen molar-refractivity contribution in [2.45, 2.75) is 45.4 Å². The highest BCUT2D eigenvalue weighted by molar-refractivity contribution is 6.33. The molecule has 1 aromatic carbocycles. The summed E-state index contributed by atoms with van der Waals surface area (Å²) in [5.74, 6) is 0.298. The molecule has 0 amide bonds. The van der Waals surface area contributed by atoms with Crippen LogP contribution < -0.4 is 0 Å². The summed E-state index contributed by atoms with van der Waals surface area (Å²) in [6.07, 6.45) is 5.97. The maximum Gasteiger partial charge on any atom is 0.143 e. The fourth-order valence-electron chi connectivity index (χ4n) is 2.68. The Bertz CT molecular complexity index is 448. The molecule has 0 aromatic heterocycles. The van der Waals surface area contributed by atoms with Crippen LogP contribution in [-0.2, 0) is 11.2 Å². The number of ketones is 1. The summed E-state index contributed by atoms with van der Waals surface area (Å²) in [6, 6.07) is 5.31. The van der Waals surface area contributed by atoms with Crippen LogP contribution in [0.2, 0.25) is 10.0 Å². The predicted octanol–water partition coefficient (Wildman–Crippen LogP) is 5.08. The standard InChI is InChI=1S/C15H18Cl2O/c1-15(7-3-2-4-8-15)14(18)10-11-9-12(16)5-6-13(11)17/h5-6,9H,2-4,7-8,10H2,1H3. The molecule has 0 atom stereocenters. The molecule has 1 fully saturated rings. The minimum absolute atomic E-state index is 0.163. The monoisotopic (exact) mass is 284 g/mol. The van der Waals surface area contributed by atoms with E-state index in [4.69, 9.17) is 23.2 Å². The maximum atomic E-state index is 12.5. The van der Waals surface area contributed by atoms with E-state index >= 15 is 0 Å². The number of rotatable bonds is 3. The molecule has 1 aliphatic carbocycles. The topological polar surface area (TPSA) is 17.1 Å². The molecule has 98 valence electrons. The van der Waals surface area contributed by atoms with Crippen molar-refractivity contribution in [2.24, 2.45) is 5.41 Å². The molecule has 3 heteroatoms. The van der Waals surface area contributed by atoms with E-state index in [9.17, 15) is 4.79 Å². The molecule has 1 saturated carbocycles. The number of hydrogen-bond donors (Lipinski definition) is 0. The van der Waals surface area contributed by atoms with Gasteiger partial charge in [-0.1, -0.05) is 49.4 Å². The van der Waals surface area contributed by atoms with Crippen molar-refractivity contribution in [3.63, 3.8) is 0 Å². The Morgan fingerprint density at radius 3 is 2.56 bits per heavy atom. The average molecular weight is 285 g/mol. The highest BCUT2D eigenvalue weighted by Gasteiger charge is 2.34. The Morgan fingerprint density at radius 1 is 1.22 bits per heavy atom. The highest BCUT2D eigenvalue weighted by Crippen LogP contribution is 2.38. The van der Waals surface area contributed by atoms with Crippen molar-refractivity contribution in [1.82, 2.24) is 0 Å². The summed E-state index contributed by atoms with van der Waals surface area (Å²) in [5.41, 5.74) is 0.685. The van der Waals surface area contributed by atoms with E-state index in [1.54, 1.807) is 18.2 Å². The summed E-state index contributed by atoms with van der Waals surface area (Å²) >= 11 is 12.1. The summed E-state index contributed by atoms with van der Waals surface area (Å²) < 4.78 is 0. The first-order valence-corrected chi connectivity index (χ1v) is 7.24. The van der Waals surface area contributed by atoms with E-state index in [-0.39, 0.29) is 5.41 Å². The van der Waals surface area contributed by atoms with Gasteiger partial charge in [0.05, 0.1) is 0 Å². The van der Waals surface area contributed by atoms with Crippen LogP contribution >= 0.6 is 23.2 Å². The van der Waals surface area contributed by atoms with Crippen molar-refractivity contribution in [1.29, 1.82) is 0 Å². The molecular formula is C15H18Cl2O. The third kappa shape index (κ3) is 3.07. The van der Waals surface area contributed by atoms with Crippen molar-refractivity contribution >= 4 is 29.0 Å². The Kier molecular flexibility index (Phi) is 4.34. The zero-order valence-corrected chi connectivity index (χ0v) is 12.2. The van der Waals surface area contributed by atoms with Gasteiger partial charge in [0.15, 0.2) is 0 Å². The third-order valence-electron chi connectivity index (χ3n) is 3.99. The van der Waals surface area contributed by atoms with Crippen LogP contribution in [0.3, 0.4) is 0 Å². The predicted molar refractivity (Wildman–Crippen MR) is 76.4 cm³/mol. The largest absolute Gasteiger partial charge is 0.299 e. The van der Waals surface area contributed by atoms with Gasteiger partial charge in [-0.3, -0.25) is 4.79 Å². The van der Waals surface area contributed by atoms with E-state index in [0.29, 0.717) is 22.2 Å². The molecular weight excluding hydrogens is 267 g/mol. The SMILES string of the molecule is CC1(C(=O)Cc2cc(Cl)ccc2Cl)CCCCC1. The van der Waals surface area contributed by atoms with Gasteiger partial charge in [0.1, 0.15) is 5.78 Å². The first-order chi connectivity index (χ1) is 8.51. The molecule has 0 spiro atoms. The first-order valence-electron chi connectivity index (χ1n) is 6.48. The van der Waals surface area contributed by atoms with Crippen molar-refractivity contribution in [2.75, 3.05) is 0 Å². The fraction of sp³-hybridized carbons (Fsp3) is 0.533. The van der Waals surface area contributed by atoms with E-state index in [1.807, 2.05) is 0 Å². The van der Waals surface area contributed by atoms with E-state index in [1.165, 1.54) is 6.42 Å². The average Bonchev–Trinajstić information content (AvgIpc) is 2.35. The second-order valence-corrected chi connectivity index (χ2v) is 6.30. The van der Waals surface area contributed by atoms with Gasteiger partial charge in [0.25, 0.3) is 0 Å². The van der Waals surface area contributed by atoms with Crippen LogP contribution in [0, 0.1) is 5.41 Å². The zero-order chi connectivity index (χ0) is 13.2. The smallest absolute Gasteiger partial charge is 0.143 e. The van der Waals surface area contributed by atoms with E-state index in [2.05, 4.69) is 6.92 Å². The quantitative estimate of drug-likeness (QED) is 0.757. The zero-order valence-electron chi connectivity index (χ0n) is 10.6. The summed E-state index contributed by atoms with van der Waals surface area (Å²) in [5, 5.41) is 1.27. The van der Waals surface area contributed by atoms with Crippen molar-refractivity contribution in [3.8, 4) is 0 Å². The van der Waals surface area contributed by atoms with Crippen LogP contribution in [0.1, 0.15) is 44.6 Å². The number of carbonyl (C=O) groups excluding carboxylic acids is 1. The molecule has 0 radical (unpaired) electrons. The van der Waals surface area contributed by atoms with Gasteiger partial charge in [-0.25, -0.2) is 0 Å². The van der Waals surface area contributed by atoms with Crippen molar-refractivity contribution in [3.05, 3.63) is 33.8 Å². The molecule has 18 heavy (non-hydrogen) atoms. The molecule has 1 nitrogen and oxygen atoms in total. The van der Waals surface area contributed by atoms with Gasteiger partial charge < -0.3 is 0 Å². The summed E-state index contributed by atoms with van der Waals surface area (Å²) in [6.45, 7) is 2.09. The Labute approximate surface area is 118 Å². The number of carbonyl (C=O) groups is 1. The minimum Gasteiger partial charge on any atom is -0.299 e. The normalized spacial score (nSPS) is 18.6. The van der Waals surface area contributed by atoms with Crippen LogP contribution in [0.4, 0.5) is 0 Å². The minimum atomic E-state index is -0.163. The lowest BCUT2D eigenvalue weighted by molar-refractivity contribution is -0.128. The molecule has 0 bridgehead atoms. The summed E-state index contributed by atoms with van der Waals surface area (Å²) in [4.78, 5) is 12.5. The number of hydrogen-bond acceptors (Lipinski definition) is 1. The van der Waals surface area contributed by atoms with Gasteiger partial charge in [-0.15, -0.1) is 0 Å².